The van der Waals surface area contributed by atoms with Crippen LogP contribution in [0.1, 0.15) is 57.7 Å². The molecule has 1 heterocycles. The lowest BCUT2D eigenvalue weighted by Gasteiger charge is -2.08. The van der Waals surface area contributed by atoms with Gasteiger partial charge in [0.2, 0.25) is 0 Å². The van der Waals surface area contributed by atoms with Gasteiger partial charge in [-0.15, -0.1) is 0 Å². The van der Waals surface area contributed by atoms with E-state index in [9.17, 15) is 0 Å². The van der Waals surface area contributed by atoms with Crippen molar-refractivity contribution in [1.29, 1.82) is 0 Å². The van der Waals surface area contributed by atoms with Gasteiger partial charge in [0.05, 0.1) is 5.69 Å². The summed E-state index contributed by atoms with van der Waals surface area (Å²) in [6.45, 7) is 9.95. The first-order chi connectivity index (χ1) is 7.28. The minimum atomic E-state index is 1.06. The van der Waals surface area contributed by atoms with Crippen LogP contribution >= 0.6 is 0 Å². The molecule has 0 radical (unpaired) electrons. The van der Waals surface area contributed by atoms with Crippen LogP contribution in [0.2, 0.25) is 0 Å². The molecule has 0 aliphatic carbocycles. The fourth-order valence-corrected chi connectivity index (χ4v) is 2.17. The van der Waals surface area contributed by atoms with Crippen LogP contribution in [0, 0.1) is 0 Å². The maximum Gasteiger partial charge on any atom is 0.109 e. The maximum absolute atomic E-state index is 4.77. The zero-order valence-corrected chi connectivity index (χ0v) is 10.6. The fraction of sp³-hybridized carbons (Fsp3) is 0.769. The Kier molecular flexibility index (Phi) is 4.86. The highest BCUT2D eigenvalue weighted by molar-refractivity contribution is 5.17. The van der Waals surface area contributed by atoms with Crippen molar-refractivity contribution in [2.24, 2.45) is 0 Å². The fourth-order valence-electron chi connectivity index (χ4n) is 2.17. The van der Waals surface area contributed by atoms with Crippen LogP contribution in [0.5, 0.6) is 0 Å². The summed E-state index contributed by atoms with van der Waals surface area (Å²) >= 11 is 0. The summed E-state index contributed by atoms with van der Waals surface area (Å²) in [6.07, 6.45) is 5.81. The second-order valence-corrected chi connectivity index (χ2v) is 3.98. The van der Waals surface area contributed by atoms with Crippen LogP contribution in [0.4, 0.5) is 0 Å². The number of unbranched alkanes of at least 4 members (excludes halogenated alkanes) is 1. The molecule has 0 saturated heterocycles. The number of aromatic nitrogens is 2. The first kappa shape index (κ1) is 12.3. The van der Waals surface area contributed by atoms with Crippen LogP contribution in [0.15, 0.2) is 0 Å². The van der Waals surface area contributed by atoms with E-state index in [2.05, 4.69) is 32.3 Å². The van der Waals surface area contributed by atoms with Crippen molar-refractivity contribution < 1.29 is 0 Å². The third-order valence-corrected chi connectivity index (χ3v) is 2.97. The van der Waals surface area contributed by atoms with E-state index in [1.165, 1.54) is 30.1 Å². The first-order valence-electron chi connectivity index (χ1n) is 6.35. The topological polar surface area (TPSA) is 17.8 Å². The van der Waals surface area contributed by atoms with E-state index in [0.717, 1.165) is 25.8 Å². The summed E-state index contributed by atoms with van der Waals surface area (Å²) in [6, 6.07) is 0. The van der Waals surface area contributed by atoms with Gasteiger partial charge in [-0.1, -0.05) is 27.2 Å². The molecule has 0 atom stereocenters. The summed E-state index contributed by atoms with van der Waals surface area (Å²) in [5, 5.41) is 0. The molecule has 0 aliphatic heterocycles. The van der Waals surface area contributed by atoms with Gasteiger partial charge in [-0.2, -0.15) is 0 Å². The lowest BCUT2D eigenvalue weighted by molar-refractivity contribution is 0.641. The molecular formula is C13H24N2. The van der Waals surface area contributed by atoms with Crippen LogP contribution in [0.3, 0.4) is 0 Å². The van der Waals surface area contributed by atoms with Gasteiger partial charge < -0.3 is 4.57 Å². The van der Waals surface area contributed by atoms with Gasteiger partial charge in [0.25, 0.3) is 0 Å². The SMILES string of the molecule is CCCCc1nc(CC)c(CC)n1CC. The molecule has 1 aromatic rings. The molecule has 2 nitrogen and oxygen atoms in total. The van der Waals surface area contributed by atoms with Crippen LogP contribution in [-0.2, 0) is 25.8 Å². The number of nitrogens with zero attached hydrogens (tertiary/aromatic N) is 2. The zero-order valence-electron chi connectivity index (χ0n) is 10.6. The molecule has 0 unspecified atom stereocenters. The Balaban J connectivity index is 2.98. The molecule has 2 heteroatoms. The quantitative estimate of drug-likeness (QED) is 0.701. The maximum atomic E-state index is 4.77. The highest BCUT2D eigenvalue weighted by atomic mass is 15.1. The Bertz CT molecular complexity index is 300. The van der Waals surface area contributed by atoms with Crippen molar-refractivity contribution >= 4 is 0 Å². The van der Waals surface area contributed by atoms with Crippen molar-refractivity contribution in [3.63, 3.8) is 0 Å². The van der Waals surface area contributed by atoms with Crippen LogP contribution in [-0.4, -0.2) is 9.55 Å². The highest BCUT2D eigenvalue weighted by Crippen LogP contribution is 2.15. The number of rotatable bonds is 6. The van der Waals surface area contributed by atoms with Gasteiger partial charge in [0.15, 0.2) is 0 Å². The van der Waals surface area contributed by atoms with E-state index in [1.807, 2.05) is 0 Å². The summed E-state index contributed by atoms with van der Waals surface area (Å²) < 4.78 is 2.41. The summed E-state index contributed by atoms with van der Waals surface area (Å²) in [5.74, 6) is 1.30. The van der Waals surface area contributed by atoms with Crippen LogP contribution in [0.25, 0.3) is 0 Å². The number of imidazole rings is 1. The van der Waals surface area contributed by atoms with Gasteiger partial charge >= 0.3 is 0 Å². The lowest BCUT2D eigenvalue weighted by atomic mass is 10.2. The highest BCUT2D eigenvalue weighted by Gasteiger charge is 2.12. The van der Waals surface area contributed by atoms with Crippen molar-refractivity contribution in [3.05, 3.63) is 17.2 Å². The van der Waals surface area contributed by atoms with Crippen molar-refractivity contribution in [2.75, 3.05) is 0 Å². The molecule has 1 aromatic heterocycles. The molecule has 0 spiro atoms. The normalized spacial score (nSPS) is 10.9. The van der Waals surface area contributed by atoms with Crippen molar-refractivity contribution in [3.8, 4) is 0 Å². The van der Waals surface area contributed by atoms with Gasteiger partial charge in [-0.25, -0.2) is 4.98 Å². The zero-order chi connectivity index (χ0) is 11.3. The van der Waals surface area contributed by atoms with E-state index in [-0.39, 0.29) is 0 Å². The Morgan fingerprint density at radius 3 is 2.27 bits per heavy atom. The van der Waals surface area contributed by atoms with Crippen molar-refractivity contribution in [1.82, 2.24) is 9.55 Å². The number of hydrogen-bond acceptors (Lipinski definition) is 1. The largest absolute Gasteiger partial charge is 0.332 e. The number of aryl methyl sites for hydroxylation is 2. The first-order valence-corrected chi connectivity index (χ1v) is 6.35. The van der Waals surface area contributed by atoms with E-state index < -0.39 is 0 Å². The molecule has 1 rings (SSSR count). The van der Waals surface area contributed by atoms with Gasteiger partial charge in [-0.3, -0.25) is 0 Å². The van der Waals surface area contributed by atoms with Crippen molar-refractivity contribution in [2.45, 2.75) is 66.3 Å². The van der Waals surface area contributed by atoms with E-state index in [0.29, 0.717) is 0 Å². The molecule has 0 N–H and O–H groups in total. The molecule has 0 saturated carbocycles. The second kappa shape index (κ2) is 5.94. The Hall–Kier alpha value is -0.790. The molecule has 0 amide bonds. The Morgan fingerprint density at radius 2 is 1.80 bits per heavy atom. The second-order valence-electron chi connectivity index (χ2n) is 3.98. The third kappa shape index (κ3) is 2.61. The summed E-state index contributed by atoms with van der Waals surface area (Å²) in [5.41, 5.74) is 2.76. The summed E-state index contributed by atoms with van der Waals surface area (Å²) in [7, 11) is 0. The Labute approximate surface area is 93.7 Å². The van der Waals surface area contributed by atoms with Crippen LogP contribution < -0.4 is 0 Å². The molecule has 15 heavy (non-hydrogen) atoms. The predicted molar refractivity (Wildman–Crippen MR) is 65.3 cm³/mol. The number of hydrogen-bond donors (Lipinski definition) is 0. The molecule has 86 valence electrons. The van der Waals surface area contributed by atoms with E-state index in [4.69, 9.17) is 4.98 Å². The van der Waals surface area contributed by atoms with Gasteiger partial charge in [-0.05, 0) is 26.2 Å². The predicted octanol–water partition coefficient (Wildman–Crippen LogP) is 3.37. The van der Waals surface area contributed by atoms with E-state index >= 15 is 0 Å². The summed E-state index contributed by atoms with van der Waals surface area (Å²) in [4.78, 5) is 4.77. The molecule has 0 aliphatic rings. The van der Waals surface area contributed by atoms with Gasteiger partial charge in [0.1, 0.15) is 5.82 Å². The third-order valence-electron chi connectivity index (χ3n) is 2.97. The average molecular weight is 208 g/mol. The standard InChI is InChI=1S/C13H24N2/c1-5-9-10-13-14-11(6-2)12(7-3)15(13)8-4/h5-10H2,1-4H3. The smallest absolute Gasteiger partial charge is 0.109 e. The minimum absolute atomic E-state index is 1.06. The molecule has 0 bridgehead atoms. The lowest BCUT2D eigenvalue weighted by Crippen LogP contribution is -2.05. The molecule has 0 aromatic carbocycles. The van der Waals surface area contributed by atoms with E-state index in [1.54, 1.807) is 0 Å². The molecular weight excluding hydrogens is 184 g/mol. The monoisotopic (exact) mass is 208 g/mol. The average Bonchev–Trinajstić information content (AvgIpc) is 2.62. The minimum Gasteiger partial charge on any atom is -0.332 e. The van der Waals surface area contributed by atoms with Gasteiger partial charge in [0, 0.05) is 18.7 Å². The molecule has 0 fully saturated rings. The Morgan fingerprint density at radius 1 is 1.07 bits per heavy atom.